The molecule has 1 aromatic rings. The first-order valence-electron chi connectivity index (χ1n) is 4.78. The van der Waals surface area contributed by atoms with Gasteiger partial charge in [0.05, 0.1) is 6.04 Å². The van der Waals surface area contributed by atoms with Crippen LogP contribution in [0, 0.1) is 0 Å². The third-order valence-corrected chi connectivity index (χ3v) is 2.04. The molecule has 3 heteroatoms. The molecular weight excluding hydrogens is 176 g/mol. The van der Waals surface area contributed by atoms with Crippen molar-refractivity contribution in [3.8, 4) is 0 Å². The lowest BCUT2D eigenvalue weighted by molar-refractivity contribution is -0.119. The lowest BCUT2D eigenvalue weighted by Crippen LogP contribution is -2.42. The number of carbonyl (C=O) groups excluding carboxylic acids is 1. The van der Waals surface area contributed by atoms with Crippen LogP contribution in [-0.4, -0.2) is 18.5 Å². The van der Waals surface area contributed by atoms with Crippen LogP contribution in [-0.2, 0) is 4.79 Å². The Hall–Kier alpha value is -1.35. The highest BCUT2D eigenvalue weighted by Gasteiger charge is 2.16. The van der Waals surface area contributed by atoms with Crippen LogP contribution in [0.5, 0.6) is 0 Å². The van der Waals surface area contributed by atoms with Crippen LogP contribution in [0.15, 0.2) is 30.3 Å². The molecule has 2 N–H and O–H groups in total. The number of hydrogen-bond acceptors (Lipinski definition) is 2. The number of nitrogens with two attached hydrogens (primary N) is 1. The molecule has 76 valence electrons. The summed E-state index contributed by atoms with van der Waals surface area (Å²) in [5, 5.41) is 0. The van der Waals surface area contributed by atoms with Gasteiger partial charge in [-0.2, -0.15) is 0 Å². The zero-order valence-electron chi connectivity index (χ0n) is 8.60. The third-order valence-electron chi connectivity index (χ3n) is 2.04. The van der Waals surface area contributed by atoms with Gasteiger partial charge in [-0.15, -0.1) is 0 Å². The lowest BCUT2D eigenvalue weighted by atomic mass is 10.2. The minimum atomic E-state index is -0.449. The highest BCUT2D eigenvalue weighted by atomic mass is 16.2. The summed E-state index contributed by atoms with van der Waals surface area (Å²) in [7, 11) is 0. The van der Waals surface area contributed by atoms with Crippen molar-refractivity contribution in [1.29, 1.82) is 0 Å². The van der Waals surface area contributed by atoms with E-state index in [4.69, 9.17) is 5.73 Å². The monoisotopic (exact) mass is 192 g/mol. The highest BCUT2D eigenvalue weighted by Crippen LogP contribution is 2.13. The van der Waals surface area contributed by atoms with E-state index in [1.54, 1.807) is 11.8 Å². The van der Waals surface area contributed by atoms with Crippen LogP contribution in [0.25, 0.3) is 0 Å². The van der Waals surface area contributed by atoms with Crippen LogP contribution in [0.1, 0.15) is 13.8 Å². The van der Waals surface area contributed by atoms with Gasteiger partial charge in [-0.1, -0.05) is 18.2 Å². The molecule has 1 aromatic carbocycles. The zero-order chi connectivity index (χ0) is 10.6. The number of nitrogens with zero attached hydrogens (tertiary/aromatic N) is 1. The summed E-state index contributed by atoms with van der Waals surface area (Å²) in [6.07, 6.45) is 0. The number of carbonyl (C=O) groups is 1. The number of amides is 1. The van der Waals surface area contributed by atoms with Gasteiger partial charge in [0.1, 0.15) is 0 Å². The molecule has 0 aliphatic rings. The quantitative estimate of drug-likeness (QED) is 0.786. The molecule has 0 aliphatic carbocycles. The second kappa shape index (κ2) is 4.77. The third kappa shape index (κ3) is 2.33. The fourth-order valence-corrected chi connectivity index (χ4v) is 1.32. The van der Waals surface area contributed by atoms with Gasteiger partial charge in [0.25, 0.3) is 0 Å². The summed E-state index contributed by atoms with van der Waals surface area (Å²) < 4.78 is 0. The van der Waals surface area contributed by atoms with E-state index in [1.165, 1.54) is 0 Å². The molecule has 0 saturated heterocycles. The van der Waals surface area contributed by atoms with E-state index in [2.05, 4.69) is 0 Å². The van der Waals surface area contributed by atoms with Gasteiger partial charge in [-0.25, -0.2) is 0 Å². The van der Waals surface area contributed by atoms with E-state index < -0.39 is 6.04 Å². The minimum absolute atomic E-state index is 0.0429. The summed E-state index contributed by atoms with van der Waals surface area (Å²) in [6, 6.07) is 9.11. The van der Waals surface area contributed by atoms with Crippen molar-refractivity contribution in [2.24, 2.45) is 5.73 Å². The Morgan fingerprint density at radius 2 is 2.00 bits per heavy atom. The Morgan fingerprint density at radius 3 is 2.43 bits per heavy atom. The molecule has 1 amide bonds. The van der Waals surface area contributed by atoms with E-state index in [9.17, 15) is 4.79 Å². The molecule has 0 fully saturated rings. The molecule has 0 spiro atoms. The predicted octanol–water partition coefficient (Wildman–Crippen LogP) is 1.39. The average Bonchev–Trinajstić information content (AvgIpc) is 2.20. The van der Waals surface area contributed by atoms with Crippen molar-refractivity contribution in [2.75, 3.05) is 11.4 Å². The van der Waals surface area contributed by atoms with Crippen LogP contribution >= 0.6 is 0 Å². The van der Waals surface area contributed by atoms with Gasteiger partial charge in [-0.3, -0.25) is 4.79 Å². The second-order valence-corrected chi connectivity index (χ2v) is 3.21. The molecule has 0 aromatic heterocycles. The normalized spacial score (nSPS) is 12.2. The Bertz CT molecular complexity index is 295. The van der Waals surface area contributed by atoms with Crippen molar-refractivity contribution in [2.45, 2.75) is 19.9 Å². The first-order chi connectivity index (χ1) is 6.66. The van der Waals surface area contributed by atoms with E-state index in [0.29, 0.717) is 6.54 Å². The van der Waals surface area contributed by atoms with E-state index in [1.807, 2.05) is 37.3 Å². The molecule has 0 aliphatic heterocycles. The van der Waals surface area contributed by atoms with Gasteiger partial charge in [0.2, 0.25) is 5.91 Å². The standard InChI is InChI=1S/C11H16N2O/c1-3-13(11(14)9(2)12)10-7-5-4-6-8-10/h4-9H,3,12H2,1-2H3. The van der Waals surface area contributed by atoms with Gasteiger partial charge in [0, 0.05) is 12.2 Å². The molecule has 1 atom stereocenters. The molecule has 1 rings (SSSR count). The topological polar surface area (TPSA) is 46.3 Å². The van der Waals surface area contributed by atoms with Crippen molar-refractivity contribution in [3.63, 3.8) is 0 Å². The SMILES string of the molecule is CCN(C(=O)C(C)N)c1ccccc1. The fraction of sp³-hybridized carbons (Fsp3) is 0.364. The Labute approximate surface area is 84.5 Å². The Morgan fingerprint density at radius 1 is 1.43 bits per heavy atom. The molecule has 14 heavy (non-hydrogen) atoms. The number of anilines is 1. The van der Waals surface area contributed by atoms with Crippen LogP contribution in [0.2, 0.25) is 0 Å². The van der Waals surface area contributed by atoms with Crippen molar-refractivity contribution in [3.05, 3.63) is 30.3 Å². The largest absolute Gasteiger partial charge is 0.320 e. The molecule has 0 saturated carbocycles. The first-order valence-corrected chi connectivity index (χ1v) is 4.78. The molecular formula is C11H16N2O. The smallest absolute Gasteiger partial charge is 0.243 e. The van der Waals surface area contributed by atoms with Crippen molar-refractivity contribution < 1.29 is 4.79 Å². The molecule has 0 bridgehead atoms. The van der Waals surface area contributed by atoms with Crippen LogP contribution in [0.4, 0.5) is 5.69 Å². The predicted molar refractivity (Wildman–Crippen MR) is 58.1 cm³/mol. The Balaban J connectivity index is 2.88. The van der Waals surface area contributed by atoms with Crippen LogP contribution < -0.4 is 10.6 Å². The number of rotatable bonds is 3. The summed E-state index contributed by atoms with van der Waals surface area (Å²) in [4.78, 5) is 13.4. The fourth-order valence-electron chi connectivity index (χ4n) is 1.32. The minimum Gasteiger partial charge on any atom is -0.320 e. The van der Waals surface area contributed by atoms with E-state index in [0.717, 1.165) is 5.69 Å². The van der Waals surface area contributed by atoms with Gasteiger partial charge in [0.15, 0.2) is 0 Å². The maximum atomic E-state index is 11.7. The van der Waals surface area contributed by atoms with Crippen molar-refractivity contribution in [1.82, 2.24) is 0 Å². The summed E-state index contributed by atoms with van der Waals surface area (Å²) in [5.74, 6) is -0.0429. The zero-order valence-corrected chi connectivity index (χ0v) is 8.60. The van der Waals surface area contributed by atoms with E-state index in [-0.39, 0.29) is 5.91 Å². The Kier molecular flexibility index (Phi) is 3.65. The molecule has 0 heterocycles. The summed E-state index contributed by atoms with van der Waals surface area (Å²) in [5.41, 5.74) is 6.46. The maximum Gasteiger partial charge on any atom is 0.243 e. The van der Waals surface area contributed by atoms with Gasteiger partial charge < -0.3 is 10.6 Å². The highest BCUT2D eigenvalue weighted by molar-refractivity contribution is 5.96. The number of hydrogen-bond donors (Lipinski definition) is 1. The van der Waals surface area contributed by atoms with Crippen molar-refractivity contribution >= 4 is 11.6 Å². The van der Waals surface area contributed by atoms with Crippen LogP contribution in [0.3, 0.4) is 0 Å². The average molecular weight is 192 g/mol. The summed E-state index contributed by atoms with van der Waals surface area (Å²) in [6.45, 7) is 4.28. The maximum absolute atomic E-state index is 11.7. The number of likely N-dealkylation sites (N-methyl/N-ethyl adjacent to an activating group) is 1. The second-order valence-electron chi connectivity index (χ2n) is 3.21. The molecule has 1 unspecified atom stereocenters. The summed E-state index contributed by atoms with van der Waals surface area (Å²) >= 11 is 0. The van der Waals surface area contributed by atoms with Gasteiger partial charge in [-0.05, 0) is 26.0 Å². The number of para-hydroxylation sites is 1. The number of benzene rings is 1. The molecule has 0 radical (unpaired) electrons. The van der Waals surface area contributed by atoms with E-state index >= 15 is 0 Å². The first kappa shape index (κ1) is 10.7. The lowest BCUT2D eigenvalue weighted by Gasteiger charge is -2.22. The van der Waals surface area contributed by atoms with Gasteiger partial charge >= 0.3 is 0 Å². The molecule has 3 nitrogen and oxygen atoms in total.